The van der Waals surface area contributed by atoms with Gasteiger partial charge in [-0.1, -0.05) is 0 Å². The summed E-state index contributed by atoms with van der Waals surface area (Å²) in [5.74, 6) is 0. The average molecular weight is 293 g/mol. The van der Waals surface area contributed by atoms with E-state index in [9.17, 15) is 14.9 Å². The molecule has 9 heteroatoms. The molecular weight excluding hydrogens is 282 g/mol. The molecule has 0 saturated heterocycles. The Morgan fingerprint density at radius 2 is 2.20 bits per heavy atom. The average Bonchev–Trinajstić information content (AvgIpc) is 3.14. The summed E-state index contributed by atoms with van der Waals surface area (Å²) >= 11 is 1.19. The largest absolute Gasteiger partial charge is 0.398 e. The standard InChI is InChI=1S/C11H11N5O3S/c12-6-3-8(16(18)19)5-9(4-6)20-11-14-13-10(17)15(11)7-1-2-7/h3-5,7H,1-2,12H2,(H,13,17). The van der Waals surface area contributed by atoms with E-state index in [-0.39, 0.29) is 17.4 Å². The van der Waals surface area contributed by atoms with Gasteiger partial charge in [0.25, 0.3) is 5.69 Å². The van der Waals surface area contributed by atoms with Crippen molar-refractivity contribution in [3.8, 4) is 0 Å². The van der Waals surface area contributed by atoms with Crippen molar-refractivity contribution < 1.29 is 4.92 Å². The number of nitro benzene ring substituents is 1. The number of non-ortho nitro benzene ring substituents is 1. The number of nitrogens with two attached hydrogens (primary N) is 1. The van der Waals surface area contributed by atoms with Gasteiger partial charge in [-0.3, -0.25) is 14.7 Å². The summed E-state index contributed by atoms with van der Waals surface area (Å²) in [7, 11) is 0. The van der Waals surface area contributed by atoms with Crippen LogP contribution < -0.4 is 11.4 Å². The highest BCUT2D eigenvalue weighted by atomic mass is 32.2. The van der Waals surface area contributed by atoms with Gasteiger partial charge < -0.3 is 5.73 Å². The summed E-state index contributed by atoms with van der Waals surface area (Å²) in [5, 5.41) is 17.7. The van der Waals surface area contributed by atoms with E-state index in [1.54, 1.807) is 10.6 Å². The minimum Gasteiger partial charge on any atom is -0.398 e. The van der Waals surface area contributed by atoms with Crippen LogP contribution in [0.25, 0.3) is 0 Å². The van der Waals surface area contributed by atoms with Crippen molar-refractivity contribution in [2.75, 3.05) is 5.73 Å². The second kappa shape index (κ2) is 4.67. The fourth-order valence-electron chi connectivity index (χ4n) is 1.89. The monoisotopic (exact) mass is 293 g/mol. The zero-order chi connectivity index (χ0) is 14.3. The molecule has 1 aliphatic carbocycles. The van der Waals surface area contributed by atoms with Crippen LogP contribution in [0.15, 0.2) is 33.0 Å². The summed E-state index contributed by atoms with van der Waals surface area (Å²) in [5.41, 5.74) is 5.62. The molecule has 20 heavy (non-hydrogen) atoms. The van der Waals surface area contributed by atoms with E-state index in [1.807, 2.05) is 0 Å². The molecule has 0 radical (unpaired) electrons. The topological polar surface area (TPSA) is 120 Å². The molecule has 1 aliphatic rings. The first-order valence-corrected chi connectivity index (χ1v) is 6.76. The van der Waals surface area contributed by atoms with Gasteiger partial charge in [-0.2, -0.15) is 0 Å². The van der Waals surface area contributed by atoms with Crippen molar-refractivity contribution in [3.63, 3.8) is 0 Å². The molecular formula is C11H11N5O3S. The molecule has 0 aliphatic heterocycles. The quantitative estimate of drug-likeness (QED) is 0.501. The molecule has 104 valence electrons. The lowest BCUT2D eigenvalue weighted by atomic mass is 10.3. The van der Waals surface area contributed by atoms with Crippen LogP contribution in [0.4, 0.5) is 11.4 Å². The summed E-state index contributed by atoms with van der Waals surface area (Å²) < 4.78 is 1.58. The van der Waals surface area contributed by atoms with Crippen LogP contribution >= 0.6 is 11.8 Å². The highest BCUT2D eigenvalue weighted by Crippen LogP contribution is 2.38. The minimum absolute atomic E-state index is 0.0802. The fraction of sp³-hybridized carbons (Fsp3) is 0.273. The smallest absolute Gasteiger partial charge is 0.344 e. The Hall–Kier alpha value is -2.29. The van der Waals surface area contributed by atoms with E-state index in [4.69, 9.17) is 5.73 Å². The Bertz CT molecular complexity index is 734. The minimum atomic E-state index is -0.501. The van der Waals surface area contributed by atoms with Gasteiger partial charge in [0.05, 0.1) is 4.92 Å². The molecule has 1 aromatic heterocycles. The maximum absolute atomic E-state index is 11.7. The summed E-state index contributed by atoms with van der Waals surface area (Å²) in [6.45, 7) is 0. The maximum atomic E-state index is 11.7. The molecule has 0 unspecified atom stereocenters. The first-order chi connectivity index (χ1) is 9.54. The Morgan fingerprint density at radius 1 is 1.45 bits per heavy atom. The van der Waals surface area contributed by atoms with E-state index in [0.717, 1.165) is 12.8 Å². The zero-order valence-electron chi connectivity index (χ0n) is 10.3. The number of nitro groups is 1. The van der Waals surface area contributed by atoms with Gasteiger partial charge in [0.2, 0.25) is 0 Å². The fourth-order valence-corrected chi connectivity index (χ4v) is 2.90. The van der Waals surface area contributed by atoms with Gasteiger partial charge in [0, 0.05) is 28.8 Å². The van der Waals surface area contributed by atoms with Crippen molar-refractivity contribution in [1.82, 2.24) is 14.8 Å². The molecule has 0 amide bonds. The molecule has 0 bridgehead atoms. The van der Waals surface area contributed by atoms with Crippen LogP contribution in [-0.2, 0) is 0 Å². The number of nitrogens with one attached hydrogen (secondary N) is 1. The predicted molar refractivity (Wildman–Crippen MR) is 72.8 cm³/mol. The van der Waals surface area contributed by atoms with Gasteiger partial charge in [0.15, 0.2) is 5.16 Å². The summed E-state index contributed by atoms with van der Waals surface area (Å²) in [6.07, 6.45) is 1.90. The molecule has 8 nitrogen and oxygen atoms in total. The zero-order valence-corrected chi connectivity index (χ0v) is 11.1. The van der Waals surface area contributed by atoms with Crippen LogP contribution in [0.2, 0.25) is 0 Å². The Morgan fingerprint density at radius 3 is 2.85 bits per heavy atom. The predicted octanol–water partition coefficient (Wildman–Crippen LogP) is 1.55. The Balaban J connectivity index is 1.95. The number of hydrogen-bond acceptors (Lipinski definition) is 6. The van der Waals surface area contributed by atoms with Crippen LogP contribution in [-0.4, -0.2) is 19.7 Å². The number of benzene rings is 1. The van der Waals surface area contributed by atoms with Gasteiger partial charge in [0.1, 0.15) is 0 Å². The number of nitrogen functional groups attached to an aromatic ring is 1. The lowest BCUT2D eigenvalue weighted by molar-refractivity contribution is -0.385. The Kier molecular flexibility index (Phi) is 2.97. The number of hydrogen-bond donors (Lipinski definition) is 2. The van der Waals surface area contributed by atoms with E-state index >= 15 is 0 Å². The van der Waals surface area contributed by atoms with Crippen LogP contribution in [0.1, 0.15) is 18.9 Å². The third-order valence-corrected chi connectivity index (χ3v) is 3.86. The SMILES string of the molecule is Nc1cc(Sc2n[nH]c(=O)n2C2CC2)cc([N+](=O)[O-])c1. The second-order valence-corrected chi connectivity index (χ2v) is 5.57. The van der Waals surface area contributed by atoms with Crippen molar-refractivity contribution in [2.24, 2.45) is 0 Å². The Labute approximate surface area is 117 Å². The molecule has 0 spiro atoms. The molecule has 2 aromatic rings. The van der Waals surface area contributed by atoms with E-state index in [1.165, 1.54) is 23.9 Å². The lowest BCUT2D eigenvalue weighted by Gasteiger charge is -2.04. The van der Waals surface area contributed by atoms with Crippen LogP contribution in [0.3, 0.4) is 0 Å². The van der Waals surface area contributed by atoms with E-state index in [2.05, 4.69) is 10.2 Å². The van der Waals surface area contributed by atoms with Gasteiger partial charge >= 0.3 is 5.69 Å². The highest BCUT2D eigenvalue weighted by molar-refractivity contribution is 7.99. The van der Waals surface area contributed by atoms with Crippen molar-refractivity contribution in [3.05, 3.63) is 38.8 Å². The molecule has 3 N–H and O–H groups in total. The molecule has 1 heterocycles. The number of aromatic nitrogens is 3. The first-order valence-electron chi connectivity index (χ1n) is 5.94. The molecule has 0 atom stereocenters. The molecule has 1 aromatic carbocycles. The van der Waals surface area contributed by atoms with Crippen molar-refractivity contribution in [1.29, 1.82) is 0 Å². The van der Waals surface area contributed by atoms with Gasteiger partial charge in [-0.05, 0) is 30.7 Å². The molecule has 1 fully saturated rings. The van der Waals surface area contributed by atoms with E-state index in [0.29, 0.717) is 15.7 Å². The normalized spacial score (nSPS) is 14.4. The number of anilines is 1. The third kappa shape index (κ3) is 2.39. The highest BCUT2D eigenvalue weighted by Gasteiger charge is 2.28. The summed E-state index contributed by atoms with van der Waals surface area (Å²) in [6, 6.07) is 4.51. The van der Waals surface area contributed by atoms with Crippen molar-refractivity contribution in [2.45, 2.75) is 28.9 Å². The third-order valence-electron chi connectivity index (χ3n) is 2.92. The maximum Gasteiger partial charge on any atom is 0.344 e. The number of rotatable bonds is 4. The number of aromatic amines is 1. The van der Waals surface area contributed by atoms with Gasteiger partial charge in [-0.15, -0.1) is 5.10 Å². The number of H-pyrrole nitrogens is 1. The van der Waals surface area contributed by atoms with Crippen molar-refractivity contribution >= 4 is 23.1 Å². The van der Waals surface area contributed by atoms with E-state index < -0.39 is 4.92 Å². The van der Waals surface area contributed by atoms with Crippen LogP contribution in [0, 0.1) is 10.1 Å². The molecule has 3 rings (SSSR count). The molecule has 1 saturated carbocycles. The lowest BCUT2D eigenvalue weighted by Crippen LogP contribution is -2.15. The van der Waals surface area contributed by atoms with Crippen LogP contribution in [0.5, 0.6) is 0 Å². The second-order valence-electron chi connectivity index (χ2n) is 4.53. The summed E-state index contributed by atoms with van der Waals surface area (Å²) in [4.78, 5) is 22.5. The number of nitrogens with zero attached hydrogens (tertiary/aromatic N) is 3. The van der Waals surface area contributed by atoms with Gasteiger partial charge in [-0.25, -0.2) is 9.89 Å². The first kappa shape index (κ1) is 12.7.